The van der Waals surface area contributed by atoms with Gasteiger partial charge < -0.3 is 10.2 Å². The molecule has 3 aromatic carbocycles. The summed E-state index contributed by atoms with van der Waals surface area (Å²) in [5, 5.41) is 3.16. The number of hydrogen-bond donors (Lipinski definition) is 1. The molecule has 0 aromatic heterocycles. The van der Waals surface area contributed by atoms with Crippen LogP contribution >= 0.6 is 11.6 Å². The highest BCUT2D eigenvalue weighted by molar-refractivity contribution is 6.46. The molecule has 33 heavy (non-hydrogen) atoms. The minimum absolute atomic E-state index is 0.185. The molecule has 1 N–H and O–H groups in total. The fraction of sp³-hybridized carbons (Fsp3) is 0.115. The third kappa shape index (κ3) is 3.68. The standard InChI is InChI=1S/C26H20ClN3O3/c1-16(31)28-20-11-9-18(10-12-20)23-24(29-14-13-17-5-2-3-8-22(17)29)26(33)30(25(23)32)21-7-4-6-19(27)15-21/h2-12,15H,13-14H2,1H3,(H,28,31). The van der Waals surface area contributed by atoms with E-state index in [2.05, 4.69) is 5.32 Å². The third-order valence-electron chi connectivity index (χ3n) is 5.78. The largest absolute Gasteiger partial charge is 0.336 e. The zero-order valence-corrected chi connectivity index (χ0v) is 18.6. The van der Waals surface area contributed by atoms with Crippen molar-refractivity contribution in [3.05, 3.63) is 94.6 Å². The quantitative estimate of drug-likeness (QED) is 0.579. The summed E-state index contributed by atoms with van der Waals surface area (Å²) in [4.78, 5) is 41.9. The van der Waals surface area contributed by atoms with E-state index >= 15 is 0 Å². The van der Waals surface area contributed by atoms with Crippen molar-refractivity contribution in [3.8, 4) is 0 Å². The molecule has 0 bridgehead atoms. The van der Waals surface area contributed by atoms with Crippen LogP contribution in [0, 0.1) is 0 Å². The Balaban J connectivity index is 1.64. The highest BCUT2D eigenvalue weighted by atomic mass is 35.5. The Morgan fingerprint density at radius 2 is 1.70 bits per heavy atom. The Bertz CT molecular complexity index is 1330. The van der Waals surface area contributed by atoms with Crippen molar-refractivity contribution in [1.29, 1.82) is 0 Å². The van der Waals surface area contributed by atoms with Crippen LogP contribution in [0.5, 0.6) is 0 Å². The van der Waals surface area contributed by atoms with E-state index in [1.165, 1.54) is 11.8 Å². The van der Waals surface area contributed by atoms with Gasteiger partial charge in [-0.3, -0.25) is 14.4 Å². The smallest absolute Gasteiger partial charge is 0.282 e. The maximum absolute atomic E-state index is 13.7. The molecule has 3 aromatic rings. The van der Waals surface area contributed by atoms with E-state index in [1.54, 1.807) is 48.5 Å². The van der Waals surface area contributed by atoms with E-state index < -0.39 is 5.91 Å². The second-order valence-electron chi connectivity index (χ2n) is 7.94. The van der Waals surface area contributed by atoms with Crippen molar-refractivity contribution < 1.29 is 14.4 Å². The van der Waals surface area contributed by atoms with Crippen LogP contribution in [0.15, 0.2) is 78.5 Å². The lowest BCUT2D eigenvalue weighted by molar-refractivity contribution is -0.120. The SMILES string of the molecule is CC(=O)Nc1ccc(C2=C(N3CCc4ccccc43)C(=O)N(c3cccc(Cl)c3)C2=O)cc1. The molecule has 0 fully saturated rings. The zero-order chi connectivity index (χ0) is 23.1. The van der Waals surface area contributed by atoms with Gasteiger partial charge in [0.2, 0.25) is 5.91 Å². The monoisotopic (exact) mass is 457 g/mol. The molecule has 0 saturated carbocycles. The van der Waals surface area contributed by atoms with Gasteiger partial charge in [0.1, 0.15) is 5.70 Å². The van der Waals surface area contributed by atoms with Crippen LogP contribution < -0.4 is 15.1 Å². The van der Waals surface area contributed by atoms with Gasteiger partial charge in [0, 0.05) is 29.9 Å². The summed E-state index contributed by atoms with van der Waals surface area (Å²) >= 11 is 6.15. The predicted octanol–water partition coefficient (Wildman–Crippen LogP) is 4.65. The Morgan fingerprint density at radius 3 is 2.42 bits per heavy atom. The molecule has 2 aliphatic heterocycles. The number of nitrogens with zero attached hydrogens (tertiary/aromatic N) is 2. The van der Waals surface area contributed by atoms with Crippen LogP contribution in [0.3, 0.4) is 0 Å². The summed E-state index contributed by atoms with van der Waals surface area (Å²) < 4.78 is 0. The van der Waals surface area contributed by atoms with E-state index in [1.807, 2.05) is 29.2 Å². The summed E-state index contributed by atoms with van der Waals surface area (Å²) in [6.07, 6.45) is 0.785. The van der Waals surface area contributed by atoms with Crippen LogP contribution in [-0.2, 0) is 20.8 Å². The molecule has 0 atom stereocenters. The van der Waals surface area contributed by atoms with Gasteiger partial charge in [-0.1, -0.05) is 48.0 Å². The fourth-order valence-electron chi connectivity index (χ4n) is 4.37. The normalized spacial score (nSPS) is 15.3. The van der Waals surface area contributed by atoms with Crippen molar-refractivity contribution in [2.45, 2.75) is 13.3 Å². The van der Waals surface area contributed by atoms with Gasteiger partial charge in [0.05, 0.1) is 11.3 Å². The summed E-state index contributed by atoms with van der Waals surface area (Å²) in [7, 11) is 0. The molecule has 0 radical (unpaired) electrons. The number of hydrogen-bond acceptors (Lipinski definition) is 4. The molecule has 0 spiro atoms. The van der Waals surface area contributed by atoms with E-state index in [0.29, 0.717) is 39.8 Å². The number of halogens is 1. The first-order valence-corrected chi connectivity index (χ1v) is 10.9. The summed E-state index contributed by atoms with van der Waals surface area (Å²) in [5.41, 5.74) is 4.37. The summed E-state index contributed by atoms with van der Waals surface area (Å²) in [6, 6.07) is 21.5. The van der Waals surface area contributed by atoms with Gasteiger partial charge in [-0.05, 0) is 53.9 Å². The lowest BCUT2D eigenvalue weighted by Crippen LogP contribution is -2.34. The maximum atomic E-state index is 13.7. The van der Waals surface area contributed by atoms with Gasteiger partial charge in [0.25, 0.3) is 11.8 Å². The molecule has 2 heterocycles. The van der Waals surface area contributed by atoms with E-state index in [9.17, 15) is 14.4 Å². The molecule has 5 rings (SSSR count). The maximum Gasteiger partial charge on any atom is 0.282 e. The fourth-order valence-corrected chi connectivity index (χ4v) is 4.56. The average Bonchev–Trinajstić information content (AvgIpc) is 3.32. The number of rotatable bonds is 4. The number of para-hydroxylation sites is 1. The molecular formula is C26H20ClN3O3. The first-order chi connectivity index (χ1) is 15.9. The topological polar surface area (TPSA) is 69.7 Å². The van der Waals surface area contributed by atoms with E-state index in [4.69, 9.17) is 11.6 Å². The third-order valence-corrected chi connectivity index (χ3v) is 6.01. The average molecular weight is 458 g/mol. The molecule has 0 aliphatic carbocycles. The first kappa shape index (κ1) is 21.0. The number of benzene rings is 3. The number of amides is 3. The number of imide groups is 1. The molecule has 3 amide bonds. The first-order valence-electron chi connectivity index (χ1n) is 10.6. The van der Waals surface area contributed by atoms with Gasteiger partial charge in [-0.25, -0.2) is 4.90 Å². The molecule has 0 saturated heterocycles. The van der Waals surface area contributed by atoms with Crippen LogP contribution in [0.4, 0.5) is 17.1 Å². The Hall–Kier alpha value is -3.90. The van der Waals surface area contributed by atoms with Crippen molar-refractivity contribution in [2.24, 2.45) is 0 Å². The van der Waals surface area contributed by atoms with Crippen molar-refractivity contribution >= 4 is 52.0 Å². The Morgan fingerprint density at radius 1 is 0.939 bits per heavy atom. The predicted molar refractivity (Wildman–Crippen MR) is 129 cm³/mol. The Labute approximate surface area is 196 Å². The van der Waals surface area contributed by atoms with Crippen molar-refractivity contribution in [2.75, 3.05) is 21.7 Å². The van der Waals surface area contributed by atoms with Gasteiger partial charge >= 0.3 is 0 Å². The van der Waals surface area contributed by atoms with Crippen LogP contribution in [0.2, 0.25) is 5.02 Å². The molecular weight excluding hydrogens is 438 g/mol. The van der Waals surface area contributed by atoms with Crippen LogP contribution in [-0.4, -0.2) is 24.3 Å². The van der Waals surface area contributed by atoms with Crippen LogP contribution in [0.25, 0.3) is 5.57 Å². The molecule has 164 valence electrons. The lowest BCUT2D eigenvalue weighted by Gasteiger charge is -2.22. The minimum Gasteiger partial charge on any atom is -0.336 e. The highest BCUT2D eigenvalue weighted by Gasteiger charge is 2.44. The highest BCUT2D eigenvalue weighted by Crippen LogP contribution is 2.40. The molecule has 2 aliphatic rings. The molecule has 0 unspecified atom stereocenters. The molecule has 6 nitrogen and oxygen atoms in total. The van der Waals surface area contributed by atoms with E-state index in [-0.39, 0.29) is 11.8 Å². The number of anilines is 3. The molecule has 7 heteroatoms. The number of carbonyl (C=O) groups excluding carboxylic acids is 3. The van der Waals surface area contributed by atoms with Gasteiger partial charge in [-0.15, -0.1) is 0 Å². The van der Waals surface area contributed by atoms with Gasteiger partial charge in [-0.2, -0.15) is 0 Å². The number of nitrogens with one attached hydrogen (secondary N) is 1. The second kappa shape index (κ2) is 8.22. The van der Waals surface area contributed by atoms with E-state index in [0.717, 1.165) is 17.7 Å². The summed E-state index contributed by atoms with van der Waals surface area (Å²) in [5.74, 6) is -0.982. The van der Waals surface area contributed by atoms with Crippen LogP contribution in [0.1, 0.15) is 18.1 Å². The minimum atomic E-state index is -0.408. The van der Waals surface area contributed by atoms with Crippen molar-refractivity contribution in [3.63, 3.8) is 0 Å². The second-order valence-corrected chi connectivity index (χ2v) is 8.37. The summed E-state index contributed by atoms with van der Waals surface area (Å²) in [6.45, 7) is 2.03. The van der Waals surface area contributed by atoms with Crippen molar-refractivity contribution in [1.82, 2.24) is 0 Å². The van der Waals surface area contributed by atoms with Gasteiger partial charge in [0.15, 0.2) is 0 Å². The number of carbonyl (C=O) groups is 3. The number of fused-ring (bicyclic) bond motifs is 1. The Kier molecular flexibility index (Phi) is 5.23. The zero-order valence-electron chi connectivity index (χ0n) is 17.8. The lowest BCUT2D eigenvalue weighted by atomic mass is 10.0.